The third-order valence-electron chi connectivity index (χ3n) is 4.74. The molecule has 5 nitrogen and oxygen atoms in total. The summed E-state index contributed by atoms with van der Waals surface area (Å²) in [6.07, 6.45) is 0. The molecule has 1 aliphatic heterocycles. The van der Waals surface area contributed by atoms with Crippen molar-refractivity contribution in [1.29, 1.82) is 0 Å². The average Bonchev–Trinajstić information content (AvgIpc) is 3.29. The summed E-state index contributed by atoms with van der Waals surface area (Å²) in [5.41, 5.74) is 4.03. The number of aryl methyl sites for hydroxylation is 1. The maximum absolute atomic E-state index is 13.4. The monoisotopic (exact) mass is 403 g/mol. The fraction of sp³-hybridized carbons (Fsp3) is 0.130. The molecule has 0 bridgehead atoms. The molecule has 0 spiro atoms. The van der Waals surface area contributed by atoms with Crippen molar-refractivity contribution in [3.05, 3.63) is 82.2 Å². The van der Waals surface area contributed by atoms with Crippen molar-refractivity contribution in [2.45, 2.75) is 6.92 Å². The molecule has 1 aliphatic rings. The number of benzene rings is 2. The first kappa shape index (κ1) is 19.0. The van der Waals surface area contributed by atoms with Gasteiger partial charge in [0.05, 0.1) is 11.3 Å². The van der Waals surface area contributed by atoms with E-state index in [1.54, 1.807) is 6.07 Å². The predicted molar refractivity (Wildman–Crippen MR) is 119 cm³/mol. The van der Waals surface area contributed by atoms with E-state index in [-0.39, 0.29) is 11.8 Å². The Morgan fingerprint density at radius 2 is 1.72 bits per heavy atom. The Kier molecular flexibility index (Phi) is 4.94. The highest BCUT2D eigenvalue weighted by atomic mass is 32.1. The fourth-order valence-electron chi connectivity index (χ4n) is 3.31. The number of hydrogen-bond acceptors (Lipinski definition) is 5. The van der Waals surface area contributed by atoms with Gasteiger partial charge in [0.2, 0.25) is 0 Å². The highest BCUT2D eigenvalue weighted by Gasteiger charge is 2.40. The fourth-order valence-corrected chi connectivity index (χ4v) is 4.08. The van der Waals surface area contributed by atoms with Gasteiger partial charge in [-0.2, -0.15) is 0 Å². The van der Waals surface area contributed by atoms with Crippen LogP contribution in [0.15, 0.2) is 71.7 Å². The molecule has 3 aromatic rings. The molecule has 6 heteroatoms. The minimum atomic E-state index is -0.351. The van der Waals surface area contributed by atoms with Gasteiger partial charge in [0.25, 0.3) is 11.8 Å². The molecule has 0 aliphatic carbocycles. The van der Waals surface area contributed by atoms with Gasteiger partial charge in [-0.15, -0.1) is 11.3 Å². The zero-order valence-electron chi connectivity index (χ0n) is 16.5. The molecule has 2 aromatic carbocycles. The van der Waals surface area contributed by atoms with Gasteiger partial charge in [-0.25, -0.2) is 4.90 Å². The van der Waals surface area contributed by atoms with Crippen LogP contribution in [0, 0.1) is 6.92 Å². The minimum Gasteiger partial charge on any atom is -0.378 e. The Morgan fingerprint density at radius 1 is 0.931 bits per heavy atom. The van der Waals surface area contributed by atoms with Gasteiger partial charge in [0.1, 0.15) is 5.70 Å². The van der Waals surface area contributed by atoms with Gasteiger partial charge >= 0.3 is 0 Å². The van der Waals surface area contributed by atoms with E-state index in [9.17, 15) is 9.59 Å². The van der Waals surface area contributed by atoms with Crippen LogP contribution in [0.1, 0.15) is 10.4 Å². The molecule has 29 heavy (non-hydrogen) atoms. The summed E-state index contributed by atoms with van der Waals surface area (Å²) in [5, 5.41) is 5.10. The van der Waals surface area contributed by atoms with Crippen molar-refractivity contribution in [3.8, 4) is 0 Å². The maximum Gasteiger partial charge on any atom is 0.282 e. The Morgan fingerprint density at radius 3 is 2.41 bits per heavy atom. The van der Waals surface area contributed by atoms with E-state index in [0.29, 0.717) is 17.0 Å². The van der Waals surface area contributed by atoms with Gasteiger partial charge in [-0.3, -0.25) is 9.59 Å². The second-order valence-corrected chi connectivity index (χ2v) is 8.03. The van der Waals surface area contributed by atoms with Crippen LogP contribution in [-0.2, 0) is 9.59 Å². The third-order valence-corrected chi connectivity index (χ3v) is 5.63. The molecule has 0 saturated heterocycles. The number of carbonyl (C=O) groups is 2. The van der Waals surface area contributed by atoms with E-state index in [1.807, 2.05) is 85.9 Å². The Bertz CT molecular complexity index is 1120. The van der Waals surface area contributed by atoms with Gasteiger partial charge in [-0.05, 0) is 54.3 Å². The van der Waals surface area contributed by atoms with Gasteiger partial charge < -0.3 is 10.2 Å². The third kappa shape index (κ3) is 3.54. The first-order chi connectivity index (χ1) is 14.0. The number of imide groups is 1. The topological polar surface area (TPSA) is 52.7 Å². The second-order valence-electron chi connectivity index (χ2n) is 7.08. The molecule has 2 amide bonds. The number of carbonyl (C=O) groups excluding carboxylic acids is 2. The van der Waals surface area contributed by atoms with Crippen LogP contribution in [0.25, 0.3) is 5.57 Å². The van der Waals surface area contributed by atoms with E-state index >= 15 is 0 Å². The van der Waals surface area contributed by atoms with Crippen LogP contribution in [0.4, 0.5) is 17.1 Å². The van der Waals surface area contributed by atoms with Crippen molar-refractivity contribution >= 4 is 45.8 Å². The van der Waals surface area contributed by atoms with E-state index in [4.69, 9.17) is 0 Å². The van der Waals surface area contributed by atoms with Gasteiger partial charge in [0.15, 0.2) is 0 Å². The lowest BCUT2D eigenvalue weighted by Crippen LogP contribution is -2.32. The summed E-state index contributed by atoms with van der Waals surface area (Å²) in [7, 11) is 3.85. The van der Waals surface area contributed by atoms with Crippen LogP contribution >= 0.6 is 11.3 Å². The zero-order valence-corrected chi connectivity index (χ0v) is 17.3. The van der Waals surface area contributed by atoms with Crippen molar-refractivity contribution in [2.75, 3.05) is 29.2 Å². The normalized spacial score (nSPS) is 14.0. The highest BCUT2D eigenvalue weighted by molar-refractivity contribution is 7.11. The molecule has 1 N–H and O–H groups in total. The minimum absolute atomic E-state index is 0.304. The van der Waals surface area contributed by atoms with Gasteiger partial charge in [0, 0.05) is 30.3 Å². The lowest BCUT2D eigenvalue weighted by atomic mass is 10.1. The summed E-state index contributed by atoms with van der Waals surface area (Å²) in [6.45, 7) is 1.99. The van der Waals surface area contributed by atoms with Crippen molar-refractivity contribution < 1.29 is 9.59 Å². The largest absolute Gasteiger partial charge is 0.378 e. The number of rotatable bonds is 5. The number of anilines is 3. The smallest absolute Gasteiger partial charge is 0.282 e. The molecule has 1 aromatic heterocycles. The molecular weight excluding hydrogens is 382 g/mol. The molecular formula is C23H21N3O2S. The van der Waals surface area contributed by atoms with Crippen LogP contribution in [0.2, 0.25) is 0 Å². The number of amides is 2. The molecule has 0 radical (unpaired) electrons. The van der Waals surface area contributed by atoms with Crippen LogP contribution in [-0.4, -0.2) is 25.9 Å². The Labute approximate surface area is 173 Å². The lowest BCUT2D eigenvalue weighted by Gasteiger charge is -2.19. The Balaban J connectivity index is 1.79. The predicted octanol–water partition coefficient (Wildman–Crippen LogP) is 4.52. The second kappa shape index (κ2) is 7.56. The SMILES string of the molecule is Cc1cccc(NC2=C(c3cccs3)C(=O)N(c3cccc(N(C)C)c3)C2=O)c1. The van der Waals surface area contributed by atoms with Gasteiger partial charge in [-0.1, -0.05) is 24.3 Å². The maximum atomic E-state index is 13.4. The summed E-state index contributed by atoms with van der Waals surface area (Å²) < 4.78 is 0. The molecule has 0 fully saturated rings. The number of nitrogens with zero attached hydrogens (tertiary/aromatic N) is 2. The first-order valence-corrected chi connectivity index (χ1v) is 10.1. The standard InChI is InChI=1S/C23H21N3O2S/c1-15-7-4-8-16(13-15)24-21-20(19-11-6-12-29-19)22(27)26(23(21)28)18-10-5-9-17(14-18)25(2)3/h4-14,24H,1-3H3. The molecule has 4 rings (SSSR count). The summed E-state index contributed by atoms with van der Waals surface area (Å²) in [5.74, 6) is -0.667. The van der Waals surface area contributed by atoms with Crippen LogP contribution in [0.5, 0.6) is 0 Å². The van der Waals surface area contributed by atoms with Crippen molar-refractivity contribution in [2.24, 2.45) is 0 Å². The van der Waals surface area contributed by atoms with Crippen LogP contribution in [0.3, 0.4) is 0 Å². The quantitative estimate of drug-likeness (QED) is 0.637. The highest BCUT2D eigenvalue weighted by Crippen LogP contribution is 2.36. The van der Waals surface area contributed by atoms with E-state index < -0.39 is 0 Å². The Hall–Kier alpha value is -3.38. The van der Waals surface area contributed by atoms with E-state index in [1.165, 1.54) is 16.2 Å². The number of hydrogen-bond donors (Lipinski definition) is 1. The zero-order chi connectivity index (χ0) is 20.5. The molecule has 146 valence electrons. The molecule has 0 unspecified atom stereocenters. The summed E-state index contributed by atoms with van der Waals surface area (Å²) in [4.78, 5) is 30.7. The van der Waals surface area contributed by atoms with E-state index in [0.717, 1.165) is 21.8 Å². The summed E-state index contributed by atoms with van der Waals surface area (Å²) in [6, 6.07) is 18.9. The van der Waals surface area contributed by atoms with Crippen LogP contribution < -0.4 is 15.1 Å². The molecule has 0 atom stereocenters. The molecule has 2 heterocycles. The van der Waals surface area contributed by atoms with Crippen molar-refractivity contribution in [1.82, 2.24) is 0 Å². The van der Waals surface area contributed by atoms with Crippen molar-refractivity contribution in [3.63, 3.8) is 0 Å². The summed E-state index contributed by atoms with van der Waals surface area (Å²) >= 11 is 1.44. The average molecular weight is 404 g/mol. The van der Waals surface area contributed by atoms with E-state index in [2.05, 4.69) is 5.32 Å². The lowest BCUT2D eigenvalue weighted by molar-refractivity contribution is -0.120. The molecule has 0 saturated carbocycles. The number of nitrogens with one attached hydrogen (secondary N) is 1. The first-order valence-electron chi connectivity index (χ1n) is 9.24. The number of thiophene rings is 1.